The average molecular weight is 2030 g/mol. The van der Waals surface area contributed by atoms with Crippen molar-refractivity contribution in [1.29, 1.82) is 0 Å². The number of nitrogens with zero attached hydrogens (tertiary/aromatic N) is 21. The first kappa shape index (κ1) is 99.7. The predicted octanol–water partition coefficient (Wildman–Crippen LogP) is 13.7. The molecule has 774 valence electrons. The third-order valence-electron chi connectivity index (χ3n) is 28.5. The Bertz CT molecular complexity index is 5940. The maximum Gasteiger partial charge on any atom is 0.644 e. The van der Waals surface area contributed by atoms with Gasteiger partial charge in [-0.1, -0.05) is 18.2 Å². The number of aromatic nitrogens is 9. The number of benzene rings is 9. The summed E-state index contributed by atoms with van der Waals surface area (Å²) in [5, 5.41) is 12.6. The molecule has 6 amide bonds. The van der Waals surface area contributed by atoms with Gasteiger partial charge in [-0.25, -0.2) is 69.7 Å². The van der Waals surface area contributed by atoms with Crippen molar-refractivity contribution in [1.82, 2.24) is 59.0 Å². The van der Waals surface area contributed by atoms with Crippen LogP contribution in [-0.4, -0.2) is 278 Å². The average Bonchev–Trinajstić information content (AvgIpc) is 1.60. The highest BCUT2D eigenvalue weighted by atomic mass is 19.2. The van der Waals surface area contributed by atoms with E-state index in [1.54, 1.807) is 29.4 Å². The monoisotopic (exact) mass is 2030 g/mol. The van der Waals surface area contributed by atoms with E-state index in [2.05, 4.69) is 59.6 Å². The zero-order chi connectivity index (χ0) is 102. The number of amides is 6. The van der Waals surface area contributed by atoms with Crippen LogP contribution in [0.5, 0.6) is 17.2 Å². The van der Waals surface area contributed by atoms with Crippen molar-refractivity contribution in [2.75, 3.05) is 182 Å². The van der Waals surface area contributed by atoms with Crippen molar-refractivity contribution in [3.63, 3.8) is 0 Å². The Balaban J connectivity index is 0.463. The van der Waals surface area contributed by atoms with E-state index >= 15 is 27.6 Å². The van der Waals surface area contributed by atoms with Crippen LogP contribution in [-0.2, 0) is 78.8 Å². The van der Waals surface area contributed by atoms with Crippen molar-refractivity contribution in [3.8, 4) is 17.2 Å². The van der Waals surface area contributed by atoms with Gasteiger partial charge in [-0.15, -0.1) is 0 Å². The van der Waals surface area contributed by atoms with Crippen LogP contribution in [0.1, 0.15) is 58.2 Å². The second-order valence-electron chi connectivity index (χ2n) is 38.8. The molecule has 0 radical (unpaired) electrons. The van der Waals surface area contributed by atoms with Gasteiger partial charge in [0.15, 0.2) is 18.9 Å². The normalized spacial score (nSPS) is 23.0. The lowest BCUT2D eigenvalue weighted by atomic mass is 9.94. The molecule has 0 N–H and O–H groups in total. The number of ether oxygens (including phenoxy) is 9. The van der Waals surface area contributed by atoms with Gasteiger partial charge in [-0.2, -0.15) is 15.3 Å². The summed E-state index contributed by atoms with van der Waals surface area (Å²) in [7, 11) is -1.58. The fourth-order valence-corrected chi connectivity index (χ4v) is 20.9. The van der Waals surface area contributed by atoms with E-state index in [1.165, 1.54) is 88.4 Å². The van der Waals surface area contributed by atoms with Gasteiger partial charge in [0.1, 0.15) is 145 Å². The molecule has 36 nitrogen and oxygen atoms in total. The first-order valence-electron chi connectivity index (χ1n) is 49.8. The number of hydrogen-bond donors (Lipinski definition) is 0. The number of rotatable bonds is 36. The quantitative estimate of drug-likeness (QED) is 0.0260. The van der Waals surface area contributed by atoms with Crippen molar-refractivity contribution < 1.29 is 97.3 Å². The van der Waals surface area contributed by atoms with Crippen LogP contribution in [0.2, 0.25) is 0 Å². The summed E-state index contributed by atoms with van der Waals surface area (Å²) in [6, 6.07) is 55.1. The Kier molecular flexibility index (Phi) is 28.9. The van der Waals surface area contributed by atoms with Gasteiger partial charge < -0.3 is 86.0 Å². The van der Waals surface area contributed by atoms with Crippen molar-refractivity contribution in [2.24, 2.45) is 0 Å². The van der Waals surface area contributed by atoms with E-state index in [-0.39, 0.29) is 132 Å². The SMILES string of the molecule is CC(C)N1C(=O)N(c2ccc(N3CCN(c4ccc(OC[C@H]5OC[C@](Cn6cncn6)(c6ccc(F)cc6F)O5)cc4)CC3)cc2)CC1OB(OC1CN(c2ccc(N3CCN(c4ccc(OC[C@H]5OC[C@](Cn6cncn6)(c6ccc(F)cc6F)O5)cc4)CC3)cc2)C(=O)N1C(C)C)OC1CN(c2ccc(N3CCN(c4ccc(OC[C@H]5OC[C@](Cn6cncn6)(c6ccc(F)cc6F)O5)cc4)CC3)cc2)C(=O)N1C(C)C. The molecule has 9 atom stereocenters. The molecule has 12 aromatic rings. The molecule has 9 aliphatic heterocycles. The van der Waals surface area contributed by atoms with Crippen LogP contribution in [0.15, 0.2) is 238 Å². The molecule has 9 saturated heterocycles. The second kappa shape index (κ2) is 42.9. The van der Waals surface area contributed by atoms with E-state index < -0.39 is 96.6 Å². The maximum atomic E-state index is 15.3. The van der Waals surface area contributed by atoms with Gasteiger partial charge in [0, 0.05) is 183 Å². The minimum absolute atomic E-state index is 0.00113. The molecule has 0 aliphatic carbocycles. The molecular formula is C105H114BF6N21O15. The smallest absolute Gasteiger partial charge is 0.488 e. The van der Waals surface area contributed by atoms with Crippen LogP contribution in [0.3, 0.4) is 0 Å². The van der Waals surface area contributed by atoms with Crippen LogP contribution in [0.25, 0.3) is 0 Å². The fourth-order valence-electron chi connectivity index (χ4n) is 20.9. The lowest BCUT2D eigenvalue weighted by Crippen LogP contribution is -2.52. The standard InChI is InChI=1S/C105H114BF6N21O15/c1-70(2)131-94(52-128(100(131)134)82-16-10-76(11-17-82)119-37-43-122(44-38-119)79-22-28-85(29-23-79)137-55-97-140-61-103(143-97,58-125-67-113-64-116-125)88-34-7-73(107)49-91(88)110)146-106(147-95-53-129(101(135)132(95)71(3)4)83-18-12-77(13-19-83)120-39-45-123(46-40-120)80-24-30-86(31-25-80)138-56-98-141-62-104(144-98,59-126-68-114-65-117-126)89-35-8-74(108)50-92(89)111)148-96-54-130(102(136)133(96)72(5)6)84-20-14-78(15-21-84)121-41-47-124(48-42-121)81-26-32-87(33-27-81)139-57-99-142-63-105(145-99,60-127-69-115-66-118-127)90-36-9-75(109)51-93(90)112/h7-36,49-51,64-72,94-99H,37-48,52-63H2,1-6H3/t94?,95?,96?,97-,98-,99-,103+,104+,105+/m0/s1. The second-order valence-corrected chi connectivity index (χ2v) is 38.8. The highest BCUT2D eigenvalue weighted by Crippen LogP contribution is 2.44. The van der Waals surface area contributed by atoms with E-state index in [1.807, 2.05) is 187 Å². The summed E-state index contributed by atoms with van der Waals surface area (Å²) in [6.45, 7) is 20.3. The third-order valence-corrected chi connectivity index (χ3v) is 28.5. The summed E-state index contributed by atoms with van der Waals surface area (Å²) in [6.07, 6.45) is 3.06. The summed E-state index contributed by atoms with van der Waals surface area (Å²) >= 11 is 0. The highest BCUT2D eigenvalue weighted by Gasteiger charge is 2.54. The van der Waals surface area contributed by atoms with E-state index in [9.17, 15) is 13.2 Å². The summed E-state index contributed by atoms with van der Waals surface area (Å²) in [5.74, 6) is -2.69. The highest BCUT2D eigenvalue weighted by molar-refractivity contribution is 6.37. The van der Waals surface area contributed by atoms with Gasteiger partial charge in [0.05, 0.1) is 59.1 Å². The Morgan fingerprint density at radius 2 is 0.554 bits per heavy atom. The van der Waals surface area contributed by atoms with Gasteiger partial charge in [-0.3, -0.25) is 29.4 Å². The number of piperazine rings is 3. The molecular weight excluding hydrogens is 1920 g/mol. The Morgan fingerprint density at radius 3 is 0.770 bits per heavy atom. The topological polar surface area (TPSA) is 293 Å². The molecule has 3 aromatic heterocycles. The molecule has 0 spiro atoms. The molecule has 148 heavy (non-hydrogen) atoms. The summed E-state index contributed by atoms with van der Waals surface area (Å²) < 4.78 is 170. The molecule has 0 saturated carbocycles. The molecule has 9 fully saturated rings. The fraction of sp³-hybridized carbons (Fsp3) is 0.400. The van der Waals surface area contributed by atoms with Crippen molar-refractivity contribution >= 4 is 76.6 Å². The van der Waals surface area contributed by atoms with Crippen LogP contribution < -0.4 is 58.3 Å². The van der Waals surface area contributed by atoms with Crippen LogP contribution in [0.4, 0.5) is 91.9 Å². The minimum Gasteiger partial charge on any atom is -0.488 e. The molecule has 21 rings (SSSR count). The van der Waals surface area contributed by atoms with Crippen LogP contribution in [0, 0.1) is 34.9 Å². The van der Waals surface area contributed by atoms with E-state index in [0.717, 1.165) is 52.3 Å². The number of halogens is 6. The van der Waals surface area contributed by atoms with Gasteiger partial charge in [0.25, 0.3) is 0 Å². The molecule has 9 aromatic carbocycles. The molecule has 3 unspecified atom stereocenters. The number of carbonyl (C=O) groups is 3. The number of hydrogen-bond acceptors (Lipinski definition) is 27. The number of urea groups is 3. The number of carbonyl (C=O) groups excluding carboxylic acids is 3. The predicted molar refractivity (Wildman–Crippen MR) is 535 cm³/mol. The third kappa shape index (κ3) is 21.3. The number of anilines is 9. The van der Waals surface area contributed by atoms with Crippen molar-refractivity contribution in [3.05, 3.63) is 290 Å². The van der Waals surface area contributed by atoms with Gasteiger partial charge in [-0.05, 0) is 205 Å². The zero-order valence-electron chi connectivity index (χ0n) is 82.5. The van der Waals surface area contributed by atoms with Gasteiger partial charge >= 0.3 is 25.4 Å². The summed E-state index contributed by atoms with van der Waals surface area (Å²) in [5.41, 5.74) is 4.32. The van der Waals surface area contributed by atoms with E-state index in [0.29, 0.717) is 113 Å². The lowest BCUT2D eigenvalue weighted by molar-refractivity contribution is -0.117. The zero-order valence-corrected chi connectivity index (χ0v) is 82.5. The Hall–Kier alpha value is -14.3. The van der Waals surface area contributed by atoms with Crippen molar-refractivity contribution in [2.45, 2.75) is 134 Å². The Labute approximate surface area is 851 Å². The minimum atomic E-state index is -1.58. The largest absolute Gasteiger partial charge is 0.644 e. The Morgan fingerprint density at radius 1 is 0.324 bits per heavy atom. The van der Waals surface area contributed by atoms with E-state index in [4.69, 9.17) is 56.6 Å². The van der Waals surface area contributed by atoms with Gasteiger partial charge in [0.2, 0.25) is 0 Å². The molecule has 0 bridgehead atoms. The first-order valence-corrected chi connectivity index (χ1v) is 49.8. The molecule has 9 aliphatic rings. The maximum absolute atomic E-state index is 15.3. The lowest BCUT2D eigenvalue weighted by Gasteiger charge is -2.37. The first-order chi connectivity index (χ1) is 71.8. The molecule has 43 heteroatoms. The van der Waals surface area contributed by atoms with Crippen LogP contribution >= 0.6 is 0 Å². The summed E-state index contributed by atoms with van der Waals surface area (Å²) in [4.78, 5) is 81.3. The molecule has 12 heterocycles.